The van der Waals surface area contributed by atoms with Crippen LogP contribution in [-0.2, 0) is 19.4 Å². The van der Waals surface area contributed by atoms with Gasteiger partial charge < -0.3 is 28.8 Å². The molecule has 1 N–H and O–H groups in total. The molecule has 11 heteroatoms. The molecule has 1 unspecified atom stereocenters. The minimum absolute atomic E-state index is 0.0930. The van der Waals surface area contributed by atoms with Crippen molar-refractivity contribution in [2.45, 2.75) is 39.3 Å². The number of carbonyl (C=O) groups excluding carboxylic acids is 1. The summed E-state index contributed by atoms with van der Waals surface area (Å²) < 4.78 is 22.1. The number of amides is 2. The SMILES string of the molecule is COc1cc2c(cc1OCCc1ccc(OC)c([N+](=O)[O-])c1)C(c1ccc(C)cc1C)N(C(=O)NCc1cocn1)CC2. The number of rotatable bonds is 10. The molecule has 1 aromatic heterocycles. The summed E-state index contributed by atoms with van der Waals surface area (Å²) in [6, 6.07) is 14.5. The van der Waals surface area contributed by atoms with Crippen molar-refractivity contribution in [2.24, 2.45) is 0 Å². The van der Waals surface area contributed by atoms with Crippen LogP contribution in [0.2, 0.25) is 0 Å². The molecule has 224 valence electrons. The minimum Gasteiger partial charge on any atom is -0.493 e. The van der Waals surface area contributed by atoms with Crippen LogP contribution in [0.25, 0.3) is 0 Å². The van der Waals surface area contributed by atoms with E-state index in [4.69, 9.17) is 18.6 Å². The van der Waals surface area contributed by atoms with E-state index in [1.54, 1.807) is 19.2 Å². The second kappa shape index (κ2) is 12.8. The Morgan fingerprint density at radius 3 is 2.58 bits per heavy atom. The molecule has 0 bridgehead atoms. The summed E-state index contributed by atoms with van der Waals surface area (Å²) in [5.74, 6) is 1.32. The van der Waals surface area contributed by atoms with E-state index in [2.05, 4.69) is 35.4 Å². The van der Waals surface area contributed by atoms with Gasteiger partial charge in [0.2, 0.25) is 0 Å². The standard InChI is InChI=1S/C32H34N4O7/c1-20-5-7-25(21(2)13-20)31-26-16-30(43-12-10-22-6-8-28(40-3)27(14-22)36(38)39)29(41-4)15-23(26)9-11-35(31)32(37)33-17-24-18-42-19-34-24/h5-8,13-16,18-19,31H,9-12,17H2,1-4H3,(H,33,37). The lowest BCUT2D eigenvalue weighted by Gasteiger charge is -2.38. The average molecular weight is 587 g/mol. The minimum atomic E-state index is -0.462. The number of aryl methyl sites for hydroxylation is 2. The summed E-state index contributed by atoms with van der Waals surface area (Å²) in [7, 11) is 3.00. The number of nitro benzene ring substituents is 1. The zero-order chi connectivity index (χ0) is 30.5. The number of ether oxygens (including phenoxy) is 3. The highest BCUT2D eigenvalue weighted by Gasteiger charge is 2.34. The maximum atomic E-state index is 13.6. The van der Waals surface area contributed by atoms with Crippen LogP contribution in [0.3, 0.4) is 0 Å². The third-order valence-corrected chi connectivity index (χ3v) is 7.63. The zero-order valence-electron chi connectivity index (χ0n) is 24.6. The smallest absolute Gasteiger partial charge is 0.318 e. The van der Waals surface area contributed by atoms with E-state index >= 15 is 0 Å². The first-order valence-electron chi connectivity index (χ1n) is 13.9. The normalized spacial score (nSPS) is 14.1. The van der Waals surface area contributed by atoms with E-state index in [0.29, 0.717) is 36.6 Å². The maximum absolute atomic E-state index is 13.6. The Morgan fingerprint density at radius 1 is 1.07 bits per heavy atom. The van der Waals surface area contributed by atoms with E-state index in [9.17, 15) is 14.9 Å². The Bertz CT molecular complexity index is 1620. The number of nitrogens with one attached hydrogen (secondary N) is 1. The van der Waals surface area contributed by atoms with E-state index < -0.39 is 4.92 Å². The van der Waals surface area contributed by atoms with Gasteiger partial charge in [0.15, 0.2) is 23.6 Å². The number of benzene rings is 3. The topological polar surface area (TPSA) is 129 Å². The number of fused-ring (bicyclic) bond motifs is 1. The predicted molar refractivity (Wildman–Crippen MR) is 159 cm³/mol. The monoisotopic (exact) mass is 586 g/mol. The molecule has 0 spiro atoms. The van der Waals surface area contributed by atoms with Crippen LogP contribution in [0.1, 0.15) is 45.1 Å². The van der Waals surface area contributed by atoms with E-state index in [-0.39, 0.29) is 36.7 Å². The number of oxazole rings is 1. The van der Waals surface area contributed by atoms with Gasteiger partial charge in [0.1, 0.15) is 6.26 Å². The maximum Gasteiger partial charge on any atom is 0.318 e. The summed E-state index contributed by atoms with van der Waals surface area (Å²) in [6.45, 7) is 5.11. The largest absolute Gasteiger partial charge is 0.493 e. The van der Waals surface area contributed by atoms with Crippen LogP contribution in [0, 0.1) is 24.0 Å². The van der Waals surface area contributed by atoms with Gasteiger partial charge in [-0.1, -0.05) is 29.8 Å². The molecule has 11 nitrogen and oxygen atoms in total. The molecule has 0 saturated carbocycles. The summed E-state index contributed by atoms with van der Waals surface area (Å²) >= 11 is 0. The molecule has 1 aliphatic rings. The van der Waals surface area contributed by atoms with Crippen LogP contribution in [0.4, 0.5) is 10.5 Å². The molecular weight excluding hydrogens is 552 g/mol. The number of hydrogen-bond donors (Lipinski definition) is 1. The first-order chi connectivity index (χ1) is 20.8. The number of aromatic nitrogens is 1. The van der Waals surface area contributed by atoms with Crippen molar-refractivity contribution in [3.05, 3.63) is 110 Å². The molecule has 0 aliphatic carbocycles. The fourth-order valence-corrected chi connectivity index (χ4v) is 5.49. The molecule has 0 saturated heterocycles. The molecule has 1 aliphatic heterocycles. The molecule has 0 fully saturated rings. The molecule has 3 aromatic carbocycles. The molecule has 4 aromatic rings. The van der Waals surface area contributed by atoms with Crippen molar-refractivity contribution in [3.63, 3.8) is 0 Å². The van der Waals surface area contributed by atoms with Gasteiger partial charge in [-0.15, -0.1) is 0 Å². The second-order valence-electron chi connectivity index (χ2n) is 10.4. The highest BCUT2D eigenvalue weighted by Crippen LogP contribution is 2.42. The fraction of sp³-hybridized carbons (Fsp3) is 0.312. The Labute approximate surface area is 249 Å². The molecule has 1 atom stereocenters. The van der Waals surface area contributed by atoms with Gasteiger partial charge in [-0.25, -0.2) is 9.78 Å². The summed E-state index contributed by atoms with van der Waals surface area (Å²) in [6.07, 6.45) is 3.91. The van der Waals surface area contributed by atoms with E-state index in [1.807, 2.05) is 24.0 Å². The van der Waals surface area contributed by atoms with Gasteiger partial charge in [-0.05, 0) is 66.3 Å². The van der Waals surface area contributed by atoms with Gasteiger partial charge >= 0.3 is 11.7 Å². The van der Waals surface area contributed by atoms with Crippen molar-refractivity contribution in [3.8, 4) is 17.2 Å². The third-order valence-electron chi connectivity index (χ3n) is 7.63. The number of methoxy groups -OCH3 is 2. The zero-order valence-corrected chi connectivity index (χ0v) is 24.6. The Kier molecular flexibility index (Phi) is 8.79. The van der Waals surface area contributed by atoms with Gasteiger partial charge in [0, 0.05) is 19.0 Å². The first kappa shape index (κ1) is 29.4. The molecule has 43 heavy (non-hydrogen) atoms. The number of urea groups is 1. The Morgan fingerprint density at radius 2 is 1.88 bits per heavy atom. The summed E-state index contributed by atoms with van der Waals surface area (Å²) in [5.41, 5.74) is 6.54. The fourth-order valence-electron chi connectivity index (χ4n) is 5.49. The van der Waals surface area contributed by atoms with Gasteiger partial charge in [0.25, 0.3) is 0 Å². The number of nitro groups is 1. The van der Waals surface area contributed by atoms with Crippen LogP contribution < -0.4 is 19.5 Å². The van der Waals surface area contributed by atoms with Gasteiger partial charge in [-0.2, -0.15) is 0 Å². The molecule has 5 rings (SSSR count). The average Bonchev–Trinajstić information content (AvgIpc) is 3.53. The van der Waals surface area contributed by atoms with Crippen LogP contribution in [0.15, 0.2) is 65.6 Å². The lowest BCUT2D eigenvalue weighted by Crippen LogP contribution is -2.46. The van der Waals surface area contributed by atoms with E-state index in [1.165, 1.54) is 25.8 Å². The van der Waals surface area contributed by atoms with Crippen LogP contribution in [0.5, 0.6) is 17.2 Å². The van der Waals surface area contributed by atoms with Crippen LogP contribution in [-0.4, -0.2) is 48.2 Å². The highest BCUT2D eigenvalue weighted by molar-refractivity contribution is 5.76. The number of nitrogens with zero attached hydrogens (tertiary/aromatic N) is 3. The van der Waals surface area contributed by atoms with Crippen molar-refractivity contribution in [1.82, 2.24) is 15.2 Å². The first-order valence-corrected chi connectivity index (χ1v) is 13.9. The van der Waals surface area contributed by atoms with Crippen molar-refractivity contribution >= 4 is 11.7 Å². The quantitative estimate of drug-likeness (QED) is 0.185. The second-order valence-corrected chi connectivity index (χ2v) is 10.4. The van der Waals surface area contributed by atoms with Crippen molar-refractivity contribution < 1.29 is 28.3 Å². The number of carbonyl (C=O) groups is 1. The number of hydrogen-bond acceptors (Lipinski definition) is 8. The lowest BCUT2D eigenvalue weighted by atomic mass is 9.85. The highest BCUT2D eigenvalue weighted by atomic mass is 16.6. The summed E-state index contributed by atoms with van der Waals surface area (Å²) in [5, 5.41) is 14.4. The molecule has 2 amide bonds. The van der Waals surface area contributed by atoms with Crippen molar-refractivity contribution in [1.29, 1.82) is 0 Å². The van der Waals surface area contributed by atoms with E-state index in [0.717, 1.165) is 33.4 Å². The molecule has 2 heterocycles. The van der Waals surface area contributed by atoms with Crippen molar-refractivity contribution in [2.75, 3.05) is 27.4 Å². The van der Waals surface area contributed by atoms with Gasteiger partial charge in [0.05, 0.1) is 44.0 Å². The van der Waals surface area contributed by atoms with Gasteiger partial charge in [-0.3, -0.25) is 10.1 Å². The lowest BCUT2D eigenvalue weighted by molar-refractivity contribution is -0.385. The molecular formula is C32H34N4O7. The van der Waals surface area contributed by atoms with Crippen LogP contribution >= 0.6 is 0 Å². The summed E-state index contributed by atoms with van der Waals surface area (Å²) in [4.78, 5) is 30.5. The third kappa shape index (κ3) is 6.40. The Balaban J connectivity index is 1.44. The molecule has 0 radical (unpaired) electrons. The Hall–Kier alpha value is -5.06. The predicted octanol–water partition coefficient (Wildman–Crippen LogP) is 5.70.